The molecule has 0 aliphatic heterocycles. The number of rotatable bonds is 6. The van der Waals surface area contributed by atoms with Crippen LogP contribution in [0.15, 0.2) is 54.6 Å². The average Bonchev–Trinajstić information content (AvgIpc) is 3.10. The Morgan fingerprint density at radius 3 is 2.67 bits per heavy atom. The van der Waals surface area contributed by atoms with E-state index in [0.29, 0.717) is 23.5 Å². The first-order valence-electron chi connectivity index (χ1n) is 7.62. The average molecular weight is 323 g/mol. The Kier molecular flexibility index (Phi) is 4.81. The first-order chi connectivity index (χ1) is 11.8. The molecule has 0 aliphatic carbocycles. The molecule has 3 aromatic rings. The van der Waals surface area contributed by atoms with Crippen molar-refractivity contribution in [1.82, 2.24) is 20.2 Å². The van der Waals surface area contributed by atoms with Crippen molar-refractivity contribution in [3.05, 3.63) is 60.4 Å². The second-order valence-electron chi connectivity index (χ2n) is 5.03. The van der Waals surface area contributed by atoms with Crippen LogP contribution in [0.1, 0.15) is 12.7 Å². The Bertz CT molecular complexity index is 817. The highest BCUT2D eigenvalue weighted by atomic mass is 16.5. The second-order valence-corrected chi connectivity index (χ2v) is 5.03. The molecule has 0 radical (unpaired) electrons. The Balaban J connectivity index is 1.72. The predicted molar refractivity (Wildman–Crippen MR) is 89.1 cm³/mol. The number of para-hydroxylation sites is 3. The third-order valence-electron chi connectivity index (χ3n) is 3.37. The molecule has 0 fully saturated rings. The topological polar surface area (TPSA) is 81.9 Å². The number of benzene rings is 2. The highest BCUT2D eigenvalue weighted by molar-refractivity contribution is 5.93. The number of nitrogens with zero attached hydrogens (tertiary/aromatic N) is 4. The summed E-state index contributed by atoms with van der Waals surface area (Å²) in [5.74, 6) is 1.12. The number of nitrogens with one attached hydrogen (secondary N) is 1. The third kappa shape index (κ3) is 3.57. The largest absolute Gasteiger partial charge is 0.484 e. The zero-order valence-electron chi connectivity index (χ0n) is 13.2. The minimum Gasteiger partial charge on any atom is -0.484 e. The van der Waals surface area contributed by atoms with Gasteiger partial charge in [-0.3, -0.25) is 4.79 Å². The molecule has 0 aliphatic rings. The molecule has 7 heteroatoms. The standard InChI is InChI=1S/C17H17N5O2/c1-2-16-19-20-21-22(16)15-11-7-6-10-14(15)18-17(23)12-24-13-8-4-3-5-9-13/h3-11H,2,12H2,1H3,(H,18,23). The van der Waals surface area contributed by atoms with Gasteiger partial charge in [-0.2, -0.15) is 4.68 Å². The van der Waals surface area contributed by atoms with Gasteiger partial charge in [-0.15, -0.1) is 5.10 Å². The molecule has 24 heavy (non-hydrogen) atoms. The van der Waals surface area contributed by atoms with Gasteiger partial charge >= 0.3 is 0 Å². The Morgan fingerprint density at radius 2 is 1.88 bits per heavy atom. The van der Waals surface area contributed by atoms with Crippen molar-refractivity contribution in [1.29, 1.82) is 0 Å². The van der Waals surface area contributed by atoms with Gasteiger partial charge in [0.2, 0.25) is 0 Å². The summed E-state index contributed by atoms with van der Waals surface area (Å²) < 4.78 is 7.08. The van der Waals surface area contributed by atoms with Gasteiger partial charge in [-0.25, -0.2) is 0 Å². The van der Waals surface area contributed by atoms with Crippen molar-refractivity contribution >= 4 is 11.6 Å². The first kappa shape index (κ1) is 15.7. The second kappa shape index (κ2) is 7.36. The number of tetrazole rings is 1. The minimum absolute atomic E-state index is 0.0748. The maximum absolute atomic E-state index is 12.2. The lowest BCUT2D eigenvalue weighted by Gasteiger charge is -2.12. The summed E-state index contributed by atoms with van der Waals surface area (Å²) in [6, 6.07) is 16.6. The molecule has 0 saturated heterocycles. The summed E-state index contributed by atoms with van der Waals surface area (Å²) in [6.45, 7) is 1.89. The van der Waals surface area contributed by atoms with Crippen molar-refractivity contribution < 1.29 is 9.53 Å². The number of ether oxygens (including phenoxy) is 1. The van der Waals surface area contributed by atoms with Crippen LogP contribution in [0.3, 0.4) is 0 Å². The molecule has 3 rings (SSSR count). The van der Waals surface area contributed by atoms with Gasteiger partial charge in [-0.05, 0) is 34.7 Å². The van der Waals surface area contributed by atoms with Crippen molar-refractivity contribution in [2.24, 2.45) is 0 Å². The van der Waals surface area contributed by atoms with Crippen molar-refractivity contribution in [2.75, 3.05) is 11.9 Å². The molecule has 1 heterocycles. The van der Waals surface area contributed by atoms with Crippen LogP contribution >= 0.6 is 0 Å². The Morgan fingerprint density at radius 1 is 1.12 bits per heavy atom. The lowest BCUT2D eigenvalue weighted by molar-refractivity contribution is -0.118. The van der Waals surface area contributed by atoms with E-state index < -0.39 is 0 Å². The monoisotopic (exact) mass is 323 g/mol. The SMILES string of the molecule is CCc1nnnn1-c1ccccc1NC(=O)COc1ccccc1. The van der Waals surface area contributed by atoms with E-state index in [4.69, 9.17) is 4.74 Å². The van der Waals surface area contributed by atoms with E-state index in [2.05, 4.69) is 20.8 Å². The highest BCUT2D eigenvalue weighted by Gasteiger charge is 2.12. The molecule has 0 saturated carbocycles. The molecule has 1 amide bonds. The van der Waals surface area contributed by atoms with Crippen molar-refractivity contribution in [3.8, 4) is 11.4 Å². The molecule has 122 valence electrons. The molecule has 0 spiro atoms. The van der Waals surface area contributed by atoms with Crippen molar-refractivity contribution in [3.63, 3.8) is 0 Å². The maximum Gasteiger partial charge on any atom is 0.262 e. The molecule has 2 aromatic carbocycles. The fraction of sp³-hybridized carbons (Fsp3) is 0.176. The predicted octanol–water partition coefficient (Wildman–Crippen LogP) is 2.24. The van der Waals surface area contributed by atoms with Crippen LogP contribution in [0.5, 0.6) is 5.75 Å². The lowest BCUT2D eigenvalue weighted by Crippen LogP contribution is -2.21. The number of aromatic nitrogens is 4. The van der Waals surface area contributed by atoms with E-state index in [9.17, 15) is 4.79 Å². The van der Waals surface area contributed by atoms with Crippen molar-refractivity contribution in [2.45, 2.75) is 13.3 Å². The van der Waals surface area contributed by atoms with E-state index >= 15 is 0 Å². The minimum atomic E-state index is -0.252. The number of hydrogen-bond donors (Lipinski definition) is 1. The quantitative estimate of drug-likeness (QED) is 0.752. The molecule has 1 N–H and O–H groups in total. The smallest absolute Gasteiger partial charge is 0.262 e. The van der Waals surface area contributed by atoms with Crippen LogP contribution in [0.4, 0.5) is 5.69 Å². The van der Waals surface area contributed by atoms with Crippen LogP contribution in [0.25, 0.3) is 5.69 Å². The Hall–Kier alpha value is -3.22. The Labute approximate surface area is 139 Å². The number of carbonyl (C=O) groups is 1. The fourth-order valence-electron chi connectivity index (χ4n) is 2.23. The summed E-state index contributed by atoms with van der Waals surface area (Å²) in [5.41, 5.74) is 1.34. The number of anilines is 1. The summed E-state index contributed by atoms with van der Waals surface area (Å²) >= 11 is 0. The summed E-state index contributed by atoms with van der Waals surface area (Å²) in [6.07, 6.45) is 0.687. The van der Waals surface area contributed by atoms with E-state index in [1.54, 1.807) is 22.9 Å². The summed E-state index contributed by atoms with van der Waals surface area (Å²) in [7, 11) is 0. The van der Waals surface area contributed by atoms with Crippen LogP contribution in [0.2, 0.25) is 0 Å². The summed E-state index contributed by atoms with van der Waals surface area (Å²) in [5, 5.41) is 14.5. The van der Waals surface area contributed by atoms with Crippen LogP contribution < -0.4 is 10.1 Å². The molecule has 7 nitrogen and oxygen atoms in total. The number of carbonyl (C=O) groups excluding carboxylic acids is 1. The van der Waals surface area contributed by atoms with Gasteiger partial charge in [-0.1, -0.05) is 37.3 Å². The van der Waals surface area contributed by atoms with Gasteiger partial charge in [0.25, 0.3) is 5.91 Å². The molecule has 0 unspecified atom stereocenters. The molecule has 1 aromatic heterocycles. The first-order valence-corrected chi connectivity index (χ1v) is 7.62. The van der Waals surface area contributed by atoms with Crippen LogP contribution in [-0.2, 0) is 11.2 Å². The van der Waals surface area contributed by atoms with E-state index in [0.717, 1.165) is 5.82 Å². The molecule has 0 atom stereocenters. The highest BCUT2D eigenvalue weighted by Crippen LogP contribution is 2.20. The molecular weight excluding hydrogens is 306 g/mol. The fourth-order valence-corrected chi connectivity index (χ4v) is 2.23. The zero-order valence-corrected chi connectivity index (χ0v) is 13.2. The maximum atomic E-state index is 12.2. The van der Waals surface area contributed by atoms with E-state index in [1.807, 2.05) is 43.3 Å². The number of aryl methyl sites for hydroxylation is 1. The summed E-state index contributed by atoms with van der Waals surface area (Å²) in [4.78, 5) is 12.2. The lowest BCUT2D eigenvalue weighted by atomic mass is 10.2. The van der Waals surface area contributed by atoms with E-state index in [-0.39, 0.29) is 12.5 Å². The van der Waals surface area contributed by atoms with Crippen LogP contribution in [-0.4, -0.2) is 32.7 Å². The third-order valence-corrected chi connectivity index (χ3v) is 3.37. The van der Waals surface area contributed by atoms with E-state index in [1.165, 1.54) is 0 Å². The normalized spacial score (nSPS) is 10.4. The van der Waals surface area contributed by atoms with Crippen LogP contribution in [0, 0.1) is 0 Å². The van der Waals surface area contributed by atoms with Gasteiger partial charge in [0, 0.05) is 6.42 Å². The zero-order chi connectivity index (χ0) is 16.8. The number of hydrogen-bond acceptors (Lipinski definition) is 5. The van der Waals surface area contributed by atoms with Gasteiger partial charge < -0.3 is 10.1 Å². The van der Waals surface area contributed by atoms with Gasteiger partial charge in [0.15, 0.2) is 12.4 Å². The van der Waals surface area contributed by atoms with Gasteiger partial charge in [0.1, 0.15) is 5.75 Å². The van der Waals surface area contributed by atoms with Gasteiger partial charge in [0.05, 0.1) is 11.4 Å². The molecular formula is C17H17N5O2. The number of amides is 1. The molecule has 0 bridgehead atoms.